The van der Waals surface area contributed by atoms with Crippen molar-refractivity contribution in [1.82, 2.24) is 0 Å². The molecule has 0 amide bonds. The Morgan fingerprint density at radius 3 is 2.05 bits per heavy atom. The second-order valence-corrected chi connectivity index (χ2v) is 5.53. The zero-order valence-electron chi connectivity index (χ0n) is 13.2. The number of hydrogen-bond acceptors (Lipinski definition) is 0. The Morgan fingerprint density at radius 1 is 0.789 bits per heavy atom. The molecule has 19 heavy (non-hydrogen) atoms. The molecule has 1 atom stereocenters. The van der Waals surface area contributed by atoms with Gasteiger partial charge in [-0.2, -0.15) is 0 Å². The highest BCUT2D eigenvalue weighted by Gasteiger charge is 2.05. The molecule has 0 bridgehead atoms. The average molecular weight is 262 g/mol. The molecule has 0 aromatic heterocycles. The van der Waals surface area contributed by atoms with Crippen molar-refractivity contribution in [3.63, 3.8) is 0 Å². The lowest BCUT2D eigenvalue weighted by Crippen LogP contribution is -1.99. The Kier molecular flexibility index (Phi) is 15.3. The molecule has 0 aliphatic rings. The summed E-state index contributed by atoms with van der Waals surface area (Å²) in [6.07, 6.45) is 16.7. The number of rotatable bonds is 12. The monoisotopic (exact) mass is 262 g/mol. The molecule has 0 N–H and O–H groups in total. The number of unbranched alkanes of at least 4 members (excludes halogenated alkanes) is 7. The summed E-state index contributed by atoms with van der Waals surface area (Å²) >= 11 is 0. The molecule has 0 saturated carbocycles. The lowest BCUT2D eigenvalue weighted by molar-refractivity contribution is 0.398. The summed E-state index contributed by atoms with van der Waals surface area (Å²) < 4.78 is 0. The summed E-state index contributed by atoms with van der Waals surface area (Å²) in [5.41, 5.74) is 0. The van der Waals surface area contributed by atoms with Gasteiger partial charge < -0.3 is 0 Å². The van der Waals surface area contributed by atoms with Crippen molar-refractivity contribution in [3.8, 4) is 11.8 Å². The van der Waals surface area contributed by atoms with E-state index in [1.54, 1.807) is 0 Å². The molecular formula is C19H34. The summed E-state index contributed by atoms with van der Waals surface area (Å²) in [7, 11) is 0. The maximum absolute atomic E-state index is 3.89. The van der Waals surface area contributed by atoms with Crippen LogP contribution < -0.4 is 0 Å². The smallest absolute Gasteiger partial charge is 0.00890 e. The molecular weight excluding hydrogens is 228 g/mol. The average Bonchev–Trinajstić information content (AvgIpc) is 2.44. The Labute approximate surface area is 122 Å². The van der Waals surface area contributed by atoms with Crippen LogP contribution in [0.3, 0.4) is 0 Å². The van der Waals surface area contributed by atoms with Crippen LogP contribution in [0.25, 0.3) is 0 Å². The van der Waals surface area contributed by atoms with Crippen LogP contribution in [0.15, 0.2) is 0 Å². The van der Waals surface area contributed by atoms with E-state index in [4.69, 9.17) is 0 Å². The van der Waals surface area contributed by atoms with Gasteiger partial charge in [-0.15, -0.1) is 11.8 Å². The Bertz CT molecular complexity index is 218. The van der Waals surface area contributed by atoms with Crippen molar-refractivity contribution >= 4 is 0 Å². The molecule has 0 heteroatoms. The molecule has 0 heterocycles. The minimum absolute atomic E-state index is 0.756. The highest BCUT2D eigenvalue weighted by Crippen LogP contribution is 2.20. The van der Waals surface area contributed by atoms with Crippen LogP contribution in [0.4, 0.5) is 0 Å². The van der Waals surface area contributed by atoms with Crippen LogP contribution in [0.5, 0.6) is 0 Å². The minimum Gasteiger partial charge on any atom is -0.103 e. The molecule has 0 spiro atoms. The lowest BCUT2D eigenvalue weighted by Gasteiger charge is -2.14. The fourth-order valence-electron chi connectivity index (χ4n) is 2.52. The normalized spacial score (nSPS) is 11.9. The first kappa shape index (κ1) is 18.6. The maximum atomic E-state index is 3.89. The SMILES string of the molecule is [CH2]CC#CCCCCC(CC)CCCCCCC[CH2]. The first-order valence-corrected chi connectivity index (χ1v) is 8.39. The van der Waals surface area contributed by atoms with Gasteiger partial charge in [0, 0.05) is 12.8 Å². The van der Waals surface area contributed by atoms with Crippen molar-refractivity contribution < 1.29 is 0 Å². The highest BCUT2D eigenvalue weighted by atomic mass is 14.1. The third-order valence-corrected chi connectivity index (χ3v) is 3.85. The van der Waals surface area contributed by atoms with Gasteiger partial charge in [0.1, 0.15) is 0 Å². The third-order valence-electron chi connectivity index (χ3n) is 3.85. The van der Waals surface area contributed by atoms with E-state index >= 15 is 0 Å². The van der Waals surface area contributed by atoms with Gasteiger partial charge in [-0.25, -0.2) is 0 Å². The van der Waals surface area contributed by atoms with E-state index in [0.717, 1.165) is 25.2 Å². The van der Waals surface area contributed by atoms with Crippen LogP contribution in [-0.2, 0) is 0 Å². The number of hydrogen-bond donors (Lipinski definition) is 0. The molecule has 0 aromatic carbocycles. The molecule has 0 aliphatic carbocycles. The predicted molar refractivity (Wildman–Crippen MR) is 87.7 cm³/mol. The fraction of sp³-hybridized carbons (Fsp3) is 0.789. The van der Waals surface area contributed by atoms with Gasteiger partial charge in [0.05, 0.1) is 0 Å². The van der Waals surface area contributed by atoms with Crippen LogP contribution in [0.2, 0.25) is 0 Å². The molecule has 1 unspecified atom stereocenters. The second-order valence-electron chi connectivity index (χ2n) is 5.53. The Hall–Kier alpha value is -0.440. The van der Waals surface area contributed by atoms with E-state index in [1.165, 1.54) is 64.2 Å². The third kappa shape index (κ3) is 13.8. The lowest BCUT2D eigenvalue weighted by atomic mass is 9.92. The topological polar surface area (TPSA) is 0 Å². The van der Waals surface area contributed by atoms with E-state index in [2.05, 4.69) is 32.6 Å². The molecule has 0 fully saturated rings. The Balaban J connectivity index is 3.39. The van der Waals surface area contributed by atoms with Crippen LogP contribution in [-0.4, -0.2) is 0 Å². The predicted octanol–water partition coefficient (Wildman–Crippen LogP) is 6.37. The summed E-state index contributed by atoms with van der Waals surface area (Å²) in [5.74, 6) is 7.18. The van der Waals surface area contributed by atoms with Crippen molar-refractivity contribution in [2.75, 3.05) is 0 Å². The van der Waals surface area contributed by atoms with E-state index < -0.39 is 0 Å². The molecule has 0 aliphatic heterocycles. The first-order valence-electron chi connectivity index (χ1n) is 8.39. The van der Waals surface area contributed by atoms with E-state index in [1.807, 2.05) is 0 Å². The van der Waals surface area contributed by atoms with Crippen LogP contribution in [0.1, 0.15) is 90.4 Å². The van der Waals surface area contributed by atoms with Gasteiger partial charge in [-0.3, -0.25) is 0 Å². The van der Waals surface area contributed by atoms with Crippen molar-refractivity contribution in [3.05, 3.63) is 13.8 Å². The quantitative estimate of drug-likeness (QED) is 0.283. The molecule has 110 valence electrons. The molecule has 2 radical (unpaired) electrons. The summed E-state index contributed by atoms with van der Waals surface area (Å²) in [6, 6.07) is 0. The molecule has 0 nitrogen and oxygen atoms in total. The van der Waals surface area contributed by atoms with Crippen LogP contribution in [0, 0.1) is 31.6 Å². The second kappa shape index (κ2) is 15.6. The van der Waals surface area contributed by atoms with E-state index in [-0.39, 0.29) is 0 Å². The van der Waals surface area contributed by atoms with Crippen LogP contribution >= 0.6 is 0 Å². The fourth-order valence-corrected chi connectivity index (χ4v) is 2.52. The molecule has 0 rings (SSSR count). The van der Waals surface area contributed by atoms with Gasteiger partial charge >= 0.3 is 0 Å². The van der Waals surface area contributed by atoms with Gasteiger partial charge in [-0.1, -0.05) is 78.1 Å². The molecule has 0 aromatic rings. The van der Waals surface area contributed by atoms with Gasteiger partial charge in [0.2, 0.25) is 0 Å². The molecule has 0 saturated heterocycles. The minimum atomic E-state index is 0.756. The summed E-state index contributed by atoms with van der Waals surface area (Å²) in [4.78, 5) is 0. The standard InChI is InChI=1S/C19H34/c1-4-7-9-11-13-15-17-19(6-3)18-16-14-12-10-8-5-2/h19H,1-2,4-7,9,11-18H2,3H3. The van der Waals surface area contributed by atoms with E-state index in [9.17, 15) is 0 Å². The van der Waals surface area contributed by atoms with Gasteiger partial charge in [0.25, 0.3) is 0 Å². The first-order chi connectivity index (χ1) is 9.35. The zero-order valence-corrected chi connectivity index (χ0v) is 13.2. The van der Waals surface area contributed by atoms with E-state index in [0.29, 0.717) is 0 Å². The Morgan fingerprint density at radius 2 is 1.42 bits per heavy atom. The maximum Gasteiger partial charge on any atom is 0.00890 e. The zero-order chi connectivity index (χ0) is 14.2. The van der Waals surface area contributed by atoms with Crippen molar-refractivity contribution in [2.45, 2.75) is 90.4 Å². The van der Waals surface area contributed by atoms with Crippen molar-refractivity contribution in [2.24, 2.45) is 5.92 Å². The van der Waals surface area contributed by atoms with Gasteiger partial charge in [0.15, 0.2) is 0 Å². The highest BCUT2D eigenvalue weighted by molar-refractivity contribution is 4.99. The summed E-state index contributed by atoms with van der Waals surface area (Å²) in [6.45, 7) is 9.96. The van der Waals surface area contributed by atoms with Gasteiger partial charge in [-0.05, 0) is 19.3 Å². The largest absolute Gasteiger partial charge is 0.103 e. The van der Waals surface area contributed by atoms with Crippen molar-refractivity contribution in [1.29, 1.82) is 0 Å². The summed E-state index contributed by atoms with van der Waals surface area (Å²) in [5, 5.41) is 0.